The highest BCUT2D eigenvalue weighted by atomic mass is 16.7. The molecular weight excluding hydrogens is 903 g/mol. The lowest BCUT2D eigenvalue weighted by Gasteiger charge is -2.21. The molecule has 3 rings (SSSR count). The van der Waals surface area contributed by atoms with Crippen molar-refractivity contribution in [2.45, 2.75) is 97.6 Å². The first-order chi connectivity index (χ1) is 33.6. The summed E-state index contributed by atoms with van der Waals surface area (Å²) in [4.78, 5) is 37.2. The number of rotatable bonds is 29. The molecule has 0 saturated heterocycles. The van der Waals surface area contributed by atoms with E-state index in [1.165, 1.54) is 41.6 Å². The Morgan fingerprint density at radius 1 is 0.643 bits per heavy atom. The summed E-state index contributed by atoms with van der Waals surface area (Å²) in [5.74, 6) is -0.516. The van der Waals surface area contributed by atoms with E-state index in [-0.39, 0.29) is 48.9 Å². The number of carboxylic acid groups (broad SMARTS) is 1. The van der Waals surface area contributed by atoms with Crippen LogP contribution in [0.2, 0.25) is 0 Å². The molecule has 3 aromatic rings. The molecule has 0 spiro atoms. The molecule has 6 atom stereocenters. The van der Waals surface area contributed by atoms with Crippen molar-refractivity contribution in [3.63, 3.8) is 0 Å². The van der Waals surface area contributed by atoms with Gasteiger partial charge in [-0.3, -0.25) is 0 Å². The van der Waals surface area contributed by atoms with Crippen LogP contribution in [0, 0.1) is 11.8 Å². The second-order valence-electron chi connectivity index (χ2n) is 16.0. The predicted octanol–water partition coefficient (Wildman–Crippen LogP) is 8.91. The summed E-state index contributed by atoms with van der Waals surface area (Å²) in [5.41, 5.74) is 6.36. The summed E-state index contributed by atoms with van der Waals surface area (Å²) < 4.78 is 42.6. The fraction of sp³-hybridized carbons (Fsp3) is 0.463. The average Bonchev–Trinajstić information content (AvgIpc) is 3.35. The highest BCUT2D eigenvalue weighted by Crippen LogP contribution is 2.32. The fourth-order valence-electron chi connectivity index (χ4n) is 6.44. The second-order valence-corrected chi connectivity index (χ2v) is 16.0. The number of carbonyl (C=O) groups excluding carboxylic acids is 2. The fourth-order valence-corrected chi connectivity index (χ4v) is 6.44. The molecule has 0 fully saturated rings. The third kappa shape index (κ3) is 23.5. The molecule has 388 valence electrons. The first kappa shape index (κ1) is 62.0. The number of hydrogen-bond donors (Lipinski definition) is 5. The van der Waals surface area contributed by atoms with Crippen molar-refractivity contribution in [2.24, 2.45) is 17.6 Å². The van der Waals surface area contributed by atoms with Crippen LogP contribution in [0.25, 0.3) is 12.2 Å². The number of aromatic carboxylic acids is 1. The van der Waals surface area contributed by atoms with Gasteiger partial charge in [-0.1, -0.05) is 74.6 Å². The zero-order chi connectivity index (χ0) is 52.4. The Kier molecular flexibility index (Phi) is 31.9. The van der Waals surface area contributed by atoms with E-state index in [2.05, 4.69) is 5.73 Å². The van der Waals surface area contributed by atoms with E-state index in [9.17, 15) is 34.8 Å². The topological polar surface area (TPSA) is 232 Å². The van der Waals surface area contributed by atoms with E-state index in [0.717, 1.165) is 6.42 Å². The monoisotopic (exact) mass is 980 g/mol. The number of carbonyl (C=O) groups is 3. The van der Waals surface area contributed by atoms with Gasteiger partial charge in [0.05, 0.1) is 44.7 Å². The van der Waals surface area contributed by atoms with E-state index in [1.54, 1.807) is 81.5 Å². The number of ether oxygens (including phenoxy) is 8. The van der Waals surface area contributed by atoms with Crippen molar-refractivity contribution in [2.75, 3.05) is 55.7 Å². The van der Waals surface area contributed by atoms with Crippen molar-refractivity contribution < 1.29 is 72.7 Å². The Bertz CT molecular complexity index is 2080. The zero-order valence-electron chi connectivity index (χ0n) is 42.5. The molecule has 6 N–H and O–H groups in total. The van der Waals surface area contributed by atoms with Gasteiger partial charge in [-0.2, -0.15) is 0 Å². The summed E-state index contributed by atoms with van der Waals surface area (Å²) >= 11 is 0. The number of esters is 2. The molecule has 0 bridgehead atoms. The van der Waals surface area contributed by atoms with Gasteiger partial charge in [0.15, 0.2) is 13.6 Å². The number of carboxylic acids is 1. The van der Waals surface area contributed by atoms with E-state index in [1.807, 2.05) is 50.3 Å². The van der Waals surface area contributed by atoms with Gasteiger partial charge in [0.2, 0.25) is 0 Å². The summed E-state index contributed by atoms with van der Waals surface area (Å²) in [5, 5.41) is 38.6. The van der Waals surface area contributed by atoms with E-state index in [0.29, 0.717) is 66.0 Å². The minimum atomic E-state index is -1.11. The van der Waals surface area contributed by atoms with E-state index in [4.69, 9.17) is 37.9 Å². The minimum absolute atomic E-state index is 0.0111. The Balaban J connectivity index is 0.000000704. The van der Waals surface area contributed by atoms with Crippen LogP contribution >= 0.6 is 0 Å². The first-order valence-corrected chi connectivity index (χ1v) is 23.2. The van der Waals surface area contributed by atoms with Crippen molar-refractivity contribution in [3.8, 4) is 23.0 Å². The minimum Gasteiger partial charge on any atom is -0.497 e. The highest BCUT2D eigenvalue weighted by molar-refractivity contribution is 5.97. The van der Waals surface area contributed by atoms with Crippen LogP contribution < -0.4 is 24.7 Å². The molecule has 2 unspecified atom stereocenters. The van der Waals surface area contributed by atoms with Crippen LogP contribution in [0.4, 0.5) is 0 Å². The molecule has 16 nitrogen and oxygen atoms in total. The third-order valence-electron chi connectivity index (χ3n) is 10.2. The standard InChI is InChI=1S/C31H40O8.C22H32O7.CH5N/c1-6-37-31(34)29-25(19-26(36-5)20-28(29)38-21-35-4)17-11-10-13-22(2)27(18-12-14-23(3)32)39-30(33)24-15-8-7-9-16-24;1-15(19(24)11-7-9-16(2)23)8-5-6-10-17-12-18(28-4)13-20(29-14-27-3)21(17)22(25)26;1-2/h7-9,11-12,15-20,22-23,27,32H,6,10,13-14,21H2,1-5H3;6-7,10-13,15-16,19,23-24H,5,8-9,14H2,1-4H3,(H,25,26);2H2,1H3/b17-11+,18-12-;10-6+,11-7-;/t22-,23-,27?;15-,16-,19?;/m00./s1. The van der Waals surface area contributed by atoms with Crippen molar-refractivity contribution >= 4 is 30.1 Å². The van der Waals surface area contributed by atoms with Crippen molar-refractivity contribution in [1.29, 1.82) is 0 Å². The van der Waals surface area contributed by atoms with Crippen LogP contribution in [0.15, 0.2) is 91.1 Å². The van der Waals surface area contributed by atoms with Crippen molar-refractivity contribution in [3.05, 3.63) is 119 Å². The maximum Gasteiger partial charge on any atom is 0.342 e. The summed E-state index contributed by atoms with van der Waals surface area (Å²) in [7, 11) is 7.49. The van der Waals surface area contributed by atoms with Gasteiger partial charge in [0.1, 0.15) is 40.2 Å². The maximum absolute atomic E-state index is 12.8. The second kappa shape index (κ2) is 36.0. The van der Waals surface area contributed by atoms with Gasteiger partial charge in [-0.15, -0.1) is 0 Å². The van der Waals surface area contributed by atoms with Crippen LogP contribution in [0.5, 0.6) is 23.0 Å². The molecule has 0 heterocycles. The Labute approximate surface area is 414 Å². The number of hydrogen-bond acceptors (Lipinski definition) is 15. The number of allylic oxidation sites excluding steroid dienone is 2. The molecule has 0 radical (unpaired) electrons. The predicted molar refractivity (Wildman–Crippen MR) is 271 cm³/mol. The maximum atomic E-state index is 12.8. The third-order valence-corrected chi connectivity index (χ3v) is 10.2. The molecule has 0 amide bonds. The van der Waals surface area contributed by atoms with Gasteiger partial charge < -0.3 is 64.1 Å². The number of nitrogens with two attached hydrogens (primary N) is 1. The average molecular weight is 980 g/mol. The van der Waals surface area contributed by atoms with E-state index >= 15 is 0 Å². The summed E-state index contributed by atoms with van der Waals surface area (Å²) in [6.45, 7) is 9.21. The molecule has 16 heteroatoms. The zero-order valence-corrected chi connectivity index (χ0v) is 42.5. The summed E-state index contributed by atoms with van der Waals surface area (Å²) in [6, 6.07) is 15.4. The molecule has 0 saturated carbocycles. The van der Waals surface area contributed by atoms with Gasteiger partial charge in [-0.05, 0) is 120 Å². The van der Waals surface area contributed by atoms with Gasteiger partial charge in [-0.25, -0.2) is 14.4 Å². The quantitative estimate of drug-likeness (QED) is 0.0248. The van der Waals surface area contributed by atoms with Crippen LogP contribution in [0.3, 0.4) is 0 Å². The molecular formula is C54H77NO15. The van der Waals surface area contributed by atoms with Gasteiger partial charge in [0.25, 0.3) is 0 Å². The smallest absolute Gasteiger partial charge is 0.342 e. The molecule has 0 aromatic heterocycles. The van der Waals surface area contributed by atoms with E-state index < -0.39 is 42.3 Å². The number of aliphatic hydroxyl groups is 3. The summed E-state index contributed by atoms with van der Waals surface area (Å²) in [6.07, 6.45) is 16.2. The highest BCUT2D eigenvalue weighted by Gasteiger charge is 2.22. The normalized spacial score (nSPS) is 13.9. The lowest BCUT2D eigenvalue weighted by Crippen LogP contribution is -2.23. The Hall–Kier alpha value is -6.01. The Morgan fingerprint density at radius 2 is 1.13 bits per heavy atom. The Morgan fingerprint density at radius 3 is 1.60 bits per heavy atom. The first-order valence-electron chi connectivity index (χ1n) is 23.2. The van der Waals surface area contributed by atoms with Crippen LogP contribution in [-0.2, 0) is 18.9 Å². The lowest BCUT2D eigenvalue weighted by molar-refractivity contribution is 0.0282. The number of aliphatic hydroxyl groups excluding tert-OH is 3. The van der Waals surface area contributed by atoms with Crippen LogP contribution in [-0.4, -0.2) is 118 Å². The largest absolute Gasteiger partial charge is 0.497 e. The SMILES string of the molecule is CCOC(=O)c1c(/C=C/CC[C@H](C)C(/C=C\C[C@H](C)O)OC(=O)c2ccccc2)cc(OC)cc1OCOC.CN.COCOc1cc(OC)cc(/C=C/CC[C@H](C)C(O)/C=C\C[C@H](C)O)c1C(=O)O. The molecule has 3 aromatic carbocycles. The number of methoxy groups -OCH3 is 4. The molecule has 0 aliphatic heterocycles. The lowest BCUT2D eigenvalue weighted by atomic mass is 9.97. The molecule has 0 aliphatic rings. The molecule has 70 heavy (non-hydrogen) atoms. The number of benzene rings is 3. The van der Waals surface area contributed by atoms with Gasteiger partial charge >= 0.3 is 17.9 Å². The van der Waals surface area contributed by atoms with Gasteiger partial charge in [0, 0.05) is 26.4 Å². The molecule has 0 aliphatic carbocycles. The van der Waals surface area contributed by atoms with Crippen LogP contribution in [0.1, 0.15) is 115 Å². The van der Waals surface area contributed by atoms with Crippen molar-refractivity contribution in [1.82, 2.24) is 0 Å².